The summed E-state index contributed by atoms with van der Waals surface area (Å²) in [5, 5.41) is 21.7. The van der Waals surface area contributed by atoms with Crippen molar-refractivity contribution < 1.29 is 38.9 Å². The SMILES string of the molecule is COc1cc(C(=O)Cc2cccc(-c3cccc(NC(=O)c4cc(OC)c(CN5CC[C@H](C(=O)O)C5)cn4)c3C)c2C)ncc1CN1CC[C@H](C(=O)O)C1. The van der Waals surface area contributed by atoms with E-state index in [0.717, 1.165) is 38.9 Å². The summed E-state index contributed by atoms with van der Waals surface area (Å²) in [5.41, 5.74) is 7.10. The number of rotatable bonds is 14. The Balaban J connectivity index is 1.14. The first-order chi connectivity index (χ1) is 25.9. The molecule has 0 aliphatic carbocycles. The average Bonchev–Trinajstić information content (AvgIpc) is 3.84. The zero-order valence-electron chi connectivity index (χ0n) is 30.9. The summed E-state index contributed by atoms with van der Waals surface area (Å²) in [7, 11) is 3.07. The van der Waals surface area contributed by atoms with Crippen LogP contribution in [0.5, 0.6) is 11.5 Å². The number of benzene rings is 2. The molecule has 0 radical (unpaired) electrons. The summed E-state index contributed by atoms with van der Waals surface area (Å²) < 4.78 is 11.2. The van der Waals surface area contributed by atoms with Gasteiger partial charge in [0.05, 0.1) is 26.1 Å². The molecule has 13 nitrogen and oxygen atoms in total. The van der Waals surface area contributed by atoms with Crippen molar-refractivity contribution in [2.24, 2.45) is 11.8 Å². The van der Waals surface area contributed by atoms with E-state index in [9.17, 15) is 29.4 Å². The van der Waals surface area contributed by atoms with Crippen LogP contribution in [0.4, 0.5) is 5.69 Å². The van der Waals surface area contributed by atoms with Gasteiger partial charge in [0.25, 0.3) is 5.91 Å². The number of methoxy groups -OCH3 is 2. The minimum Gasteiger partial charge on any atom is -0.496 e. The summed E-state index contributed by atoms with van der Waals surface area (Å²) in [5.74, 6) is -1.88. The maximum absolute atomic E-state index is 13.5. The molecule has 4 aromatic rings. The zero-order chi connectivity index (χ0) is 38.5. The van der Waals surface area contributed by atoms with Gasteiger partial charge in [-0.05, 0) is 73.7 Å². The van der Waals surface area contributed by atoms with E-state index in [1.54, 1.807) is 31.6 Å². The van der Waals surface area contributed by atoms with E-state index in [0.29, 0.717) is 69.3 Å². The van der Waals surface area contributed by atoms with Gasteiger partial charge in [-0.2, -0.15) is 0 Å². The van der Waals surface area contributed by atoms with Crippen molar-refractivity contribution in [2.75, 3.05) is 45.7 Å². The highest BCUT2D eigenvalue weighted by molar-refractivity contribution is 6.04. The van der Waals surface area contributed by atoms with Gasteiger partial charge in [0, 0.05) is 73.9 Å². The van der Waals surface area contributed by atoms with Crippen LogP contribution in [0.15, 0.2) is 60.9 Å². The molecule has 6 rings (SSSR count). The van der Waals surface area contributed by atoms with E-state index < -0.39 is 23.8 Å². The second-order valence-electron chi connectivity index (χ2n) is 14.0. The quantitative estimate of drug-likeness (QED) is 0.144. The Morgan fingerprint density at radius 1 is 0.741 bits per heavy atom. The fourth-order valence-electron chi connectivity index (χ4n) is 7.34. The number of carbonyl (C=O) groups is 4. The van der Waals surface area contributed by atoms with Gasteiger partial charge in [-0.1, -0.05) is 30.3 Å². The van der Waals surface area contributed by atoms with E-state index >= 15 is 0 Å². The number of aliphatic carboxylic acids is 2. The molecule has 0 unspecified atom stereocenters. The van der Waals surface area contributed by atoms with Crippen LogP contribution >= 0.6 is 0 Å². The molecule has 54 heavy (non-hydrogen) atoms. The minimum absolute atomic E-state index is 0.123. The molecule has 0 spiro atoms. The van der Waals surface area contributed by atoms with Crippen molar-refractivity contribution in [3.63, 3.8) is 0 Å². The first-order valence-electron chi connectivity index (χ1n) is 17.9. The molecule has 282 valence electrons. The van der Waals surface area contributed by atoms with Crippen LogP contribution in [0, 0.1) is 25.7 Å². The predicted octanol–water partition coefficient (Wildman–Crippen LogP) is 5.27. The second-order valence-corrected chi connectivity index (χ2v) is 14.0. The van der Waals surface area contributed by atoms with Gasteiger partial charge in [-0.25, -0.2) is 0 Å². The van der Waals surface area contributed by atoms with Crippen LogP contribution in [0.25, 0.3) is 11.1 Å². The van der Waals surface area contributed by atoms with Crippen molar-refractivity contribution in [3.05, 3.63) is 100 Å². The number of carboxylic acid groups (broad SMARTS) is 2. The zero-order valence-corrected chi connectivity index (χ0v) is 30.9. The van der Waals surface area contributed by atoms with Gasteiger partial charge in [-0.15, -0.1) is 0 Å². The molecule has 2 aliphatic rings. The van der Waals surface area contributed by atoms with E-state index in [1.807, 2.05) is 55.1 Å². The molecule has 0 bridgehead atoms. The molecule has 2 saturated heterocycles. The number of anilines is 1. The minimum atomic E-state index is -0.793. The molecule has 2 aliphatic heterocycles. The van der Waals surface area contributed by atoms with Gasteiger partial charge in [-0.3, -0.25) is 38.9 Å². The fourth-order valence-corrected chi connectivity index (χ4v) is 7.34. The van der Waals surface area contributed by atoms with Crippen molar-refractivity contribution in [2.45, 2.75) is 46.2 Å². The summed E-state index contributed by atoms with van der Waals surface area (Å²) in [6, 6.07) is 14.8. The number of pyridine rings is 2. The van der Waals surface area contributed by atoms with Crippen LogP contribution in [-0.4, -0.2) is 94.0 Å². The molecule has 2 aromatic carbocycles. The number of Topliss-reactive ketones (excluding diaryl/α,β-unsaturated/α-hetero) is 1. The molecule has 13 heteroatoms. The topological polar surface area (TPSA) is 171 Å². The van der Waals surface area contributed by atoms with E-state index in [4.69, 9.17) is 9.47 Å². The van der Waals surface area contributed by atoms with Crippen molar-refractivity contribution in [3.8, 4) is 22.6 Å². The van der Waals surface area contributed by atoms with Gasteiger partial charge in [0.2, 0.25) is 0 Å². The lowest BCUT2D eigenvalue weighted by atomic mass is 9.91. The first-order valence-corrected chi connectivity index (χ1v) is 17.9. The van der Waals surface area contributed by atoms with Crippen molar-refractivity contribution in [1.82, 2.24) is 19.8 Å². The summed E-state index contributed by atoms with van der Waals surface area (Å²) in [6.45, 7) is 7.12. The van der Waals surface area contributed by atoms with Crippen LogP contribution < -0.4 is 14.8 Å². The molecule has 1 amide bonds. The summed E-state index contributed by atoms with van der Waals surface area (Å²) in [4.78, 5) is 62.7. The van der Waals surface area contributed by atoms with Crippen LogP contribution in [-0.2, 0) is 29.1 Å². The number of carbonyl (C=O) groups excluding carboxylic acids is 2. The third-order valence-corrected chi connectivity index (χ3v) is 10.5. The number of aromatic nitrogens is 2. The Kier molecular flexibility index (Phi) is 11.7. The van der Waals surface area contributed by atoms with Gasteiger partial charge in [0.1, 0.15) is 22.9 Å². The lowest BCUT2D eigenvalue weighted by molar-refractivity contribution is -0.142. The lowest BCUT2D eigenvalue weighted by Gasteiger charge is -2.18. The number of ketones is 1. The van der Waals surface area contributed by atoms with Crippen LogP contribution in [0.1, 0.15) is 61.6 Å². The van der Waals surface area contributed by atoms with Crippen LogP contribution in [0.3, 0.4) is 0 Å². The number of nitrogens with one attached hydrogen (secondary N) is 1. The number of nitrogens with zero attached hydrogens (tertiary/aromatic N) is 4. The van der Waals surface area contributed by atoms with E-state index in [2.05, 4.69) is 20.2 Å². The standard InChI is InChI=1S/C41H45N5O8/c1-24-26(15-36(47)34-16-37(53-3)29(18-42-34)22-45-13-11-27(20-45)40(49)50)7-5-8-31(24)32-9-6-10-33(25(32)2)44-39(48)35-17-38(54-4)30(19-43-35)23-46-14-12-28(21-46)41(51)52/h5-10,16-19,27-28H,11-15,20-23H2,1-4H3,(H,44,48)(H,49,50)(H,51,52)/t27-,28-/m0/s1. The van der Waals surface area contributed by atoms with E-state index in [1.165, 1.54) is 7.11 Å². The number of ether oxygens (including phenoxy) is 2. The highest BCUT2D eigenvalue weighted by Gasteiger charge is 2.30. The molecule has 2 fully saturated rings. The number of hydrogen-bond acceptors (Lipinski definition) is 10. The van der Waals surface area contributed by atoms with Crippen LogP contribution in [0.2, 0.25) is 0 Å². The summed E-state index contributed by atoms with van der Waals surface area (Å²) >= 11 is 0. The lowest BCUT2D eigenvalue weighted by Crippen LogP contribution is -2.23. The fraction of sp³-hybridized carbons (Fsp3) is 0.366. The van der Waals surface area contributed by atoms with Gasteiger partial charge >= 0.3 is 11.9 Å². The maximum atomic E-state index is 13.5. The number of hydrogen-bond donors (Lipinski definition) is 3. The Hall–Kier alpha value is -5.66. The van der Waals surface area contributed by atoms with E-state index in [-0.39, 0.29) is 29.5 Å². The largest absolute Gasteiger partial charge is 0.496 e. The second kappa shape index (κ2) is 16.6. The van der Waals surface area contributed by atoms with Crippen molar-refractivity contribution >= 4 is 29.3 Å². The molecule has 2 atom stereocenters. The van der Waals surface area contributed by atoms with Gasteiger partial charge in [0.15, 0.2) is 5.78 Å². The first kappa shape index (κ1) is 38.1. The third kappa shape index (κ3) is 8.42. The Morgan fingerprint density at radius 2 is 1.26 bits per heavy atom. The van der Waals surface area contributed by atoms with Gasteiger partial charge < -0.3 is 25.0 Å². The smallest absolute Gasteiger partial charge is 0.307 e. The average molecular weight is 736 g/mol. The molecule has 2 aromatic heterocycles. The normalized spacial score (nSPS) is 17.3. The number of carboxylic acids is 2. The predicted molar refractivity (Wildman–Crippen MR) is 201 cm³/mol. The maximum Gasteiger partial charge on any atom is 0.307 e. The summed E-state index contributed by atoms with van der Waals surface area (Å²) in [6.07, 6.45) is 4.55. The molecular weight excluding hydrogens is 690 g/mol. The number of likely N-dealkylation sites (tertiary alicyclic amines) is 2. The highest BCUT2D eigenvalue weighted by Crippen LogP contribution is 2.33. The monoisotopic (exact) mass is 735 g/mol. The molecule has 4 heterocycles. The Bertz CT molecular complexity index is 1940. The molecule has 3 N–H and O–H groups in total. The Labute approximate surface area is 313 Å². The third-order valence-electron chi connectivity index (χ3n) is 10.5. The van der Waals surface area contributed by atoms with Crippen molar-refractivity contribution in [1.29, 1.82) is 0 Å². The molecule has 0 saturated carbocycles. The Morgan fingerprint density at radius 3 is 1.80 bits per heavy atom. The highest BCUT2D eigenvalue weighted by atomic mass is 16.5. The number of amides is 1. The molecular formula is C41H45N5O8.